The summed E-state index contributed by atoms with van der Waals surface area (Å²) in [5.41, 5.74) is 5.91. The zero-order chi connectivity index (χ0) is 26.3. The summed E-state index contributed by atoms with van der Waals surface area (Å²) in [4.78, 5) is 4.60. The van der Waals surface area contributed by atoms with Gasteiger partial charge in [-0.05, 0) is 60.5 Å². The molecule has 0 spiro atoms. The lowest BCUT2D eigenvalue weighted by Gasteiger charge is -2.33. The number of rotatable bonds is 8. The summed E-state index contributed by atoms with van der Waals surface area (Å²) >= 11 is 0. The Kier molecular flexibility index (Phi) is 7.49. The van der Waals surface area contributed by atoms with Crippen molar-refractivity contribution in [2.24, 2.45) is 0 Å². The molecule has 7 nitrogen and oxygen atoms in total. The number of pyridine rings is 1. The molecule has 0 saturated heterocycles. The fraction of sp³-hybridized carbons (Fsp3) is 0.194. The van der Waals surface area contributed by atoms with Crippen LogP contribution in [-0.4, -0.2) is 31.3 Å². The topological polar surface area (TPSA) is 103 Å². The van der Waals surface area contributed by atoms with Crippen molar-refractivity contribution in [2.75, 3.05) is 25.5 Å². The number of nitriles is 2. The summed E-state index contributed by atoms with van der Waals surface area (Å²) < 4.78 is 11.7. The van der Waals surface area contributed by atoms with E-state index in [1.54, 1.807) is 19.4 Å². The molecular formula is C31H27N5O2. The molecule has 1 aliphatic heterocycles. The molecule has 0 saturated carbocycles. The van der Waals surface area contributed by atoms with Gasteiger partial charge in [-0.1, -0.05) is 42.5 Å². The highest BCUT2D eigenvalue weighted by molar-refractivity contribution is 5.75. The second-order valence-electron chi connectivity index (χ2n) is 9.04. The van der Waals surface area contributed by atoms with Gasteiger partial charge in [0.2, 0.25) is 5.88 Å². The number of nitrogens with zero attached hydrogens (tertiary/aromatic N) is 3. The quantitative estimate of drug-likeness (QED) is 0.340. The normalized spacial score (nSPS) is 14.7. The number of nitrogens with one attached hydrogen (secondary N) is 2. The first-order chi connectivity index (χ1) is 18.7. The van der Waals surface area contributed by atoms with Gasteiger partial charge in [-0.3, -0.25) is 0 Å². The van der Waals surface area contributed by atoms with E-state index in [0.29, 0.717) is 29.3 Å². The van der Waals surface area contributed by atoms with Gasteiger partial charge >= 0.3 is 0 Å². The first-order valence-electron chi connectivity index (χ1n) is 12.4. The van der Waals surface area contributed by atoms with Crippen molar-refractivity contribution >= 4 is 5.69 Å². The zero-order valence-corrected chi connectivity index (χ0v) is 21.0. The van der Waals surface area contributed by atoms with Gasteiger partial charge in [0.05, 0.1) is 48.6 Å². The van der Waals surface area contributed by atoms with Crippen molar-refractivity contribution in [1.29, 1.82) is 10.5 Å². The number of benzene rings is 3. The van der Waals surface area contributed by atoms with E-state index >= 15 is 0 Å². The van der Waals surface area contributed by atoms with Crippen LogP contribution in [0.5, 0.6) is 11.6 Å². The van der Waals surface area contributed by atoms with Crippen molar-refractivity contribution in [3.8, 4) is 34.9 Å². The van der Waals surface area contributed by atoms with E-state index < -0.39 is 0 Å². The summed E-state index contributed by atoms with van der Waals surface area (Å²) in [6.45, 7) is 1.34. The minimum atomic E-state index is -0.181. The van der Waals surface area contributed by atoms with Gasteiger partial charge in [0, 0.05) is 17.3 Å². The number of hydrogen-bond acceptors (Lipinski definition) is 7. The van der Waals surface area contributed by atoms with Gasteiger partial charge in [0.15, 0.2) is 0 Å². The lowest BCUT2D eigenvalue weighted by molar-refractivity contribution is 0.150. The van der Waals surface area contributed by atoms with Crippen LogP contribution in [-0.2, 0) is 6.42 Å². The fourth-order valence-corrected chi connectivity index (χ4v) is 4.64. The van der Waals surface area contributed by atoms with E-state index in [2.05, 4.69) is 39.9 Å². The molecule has 2 atom stereocenters. The molecule has 0 aliphatic carbocycles. The number of aromatic nitrogens is 1. The van der Waals surface area contributed by atoms with Crippen LogP contribution in [0.1, 0.15) is 28.3 Å². The largest absolute Gasteiger partial charge is 0.497 e. The molecule has 38 heavy (non-hydrogen) atoms. The summed E-state index contributed by atoms with van der Waals surface area (Å²) in [5.74, 6) is 1.17. The molecular weight excluding hydrogens is 474 g/mol. The van der Waals surface area contributed by atoms with E-state index in [1.165, 1.54) is 5.56 Å². The second kappa shape index (κ2) is 11.5. The molecule has 0 bridgehead atoms. The molecule has 4 aromatic rings. The predicted molar refractivity (Wildman–Crippen MR) is 146 cm³/mol. The van der Waals surface area contributed by atoms with E-state index in [-0.39, 0.29) is 12.1 Å². The van der Waals surface area contributed by atoms with Crippen LogP contribution in [0, 0.1) is 22.7 Å². The van der Waals surface area contributed by atoms with Gasteiger partial charge in [0.1, 0.15) is 11.9 Å². The molecule has 188 valence electrons. The Morgan fingerprint density at radius 1 is 1.05 bits per heavy atom. The maximum Gasteiger partial charge on any atom is 0.237 e. The van der Waals surface area contributed by atoms with Gasteiger partial charge < -0.3 is 20.1 Å². The standard InChI is InChI=1S/C31H27N5O2/c1-37-26-11-12-27(24(15-26)18-33)25-16-28-31(36-19-25)38-29(20-35-28)30(23-5-3-2-4-6-23)34-14-13-21-7-9-22(17-32)10-8-21/h2-12,15-16,19,29-30,34-35H,13-14,20H2,1H3/t29-,30+/m0/s1. The van der Waals surface area contributed by atoms with Crippen molar-refractivity contribution in [3.63, 3.8) is 0 Å². The first-order valence-corrected chi connectivity index (χ1v) is 12.4. The average Bonchev–Trinajstić information content (AvgIpc) is 2.99. The van der Waals surface area contributed by atoms with Crippen LogP contribution >= 0.6 is 0 Å². The van der Waals surface area contributed by atoms with E-state index in [1.807, 2.05) is 60.7 Å². The lowest BCUT2D eigenvalue weighted by atomic mass is 9.98. The lowest BCUT2D eigenvalue weighted by Crippen LogP contribution is -2.43. The number of hydrogen-bond donors (Lipinski definition) is 2. The highest BCUT2D eigenvalue weighted by Gasteiger charge is 2.29. The highest BCUT2D eigenvalue weighted by atomic mass is 16.5. The van der Waals surface area contributed by atoms with E-state index in [0.717, 1.165) is 35.3 Å². The number of anilines is 1. The maximum atomic E-state index is 9.62. The summed E-state index contributed by atoms with van der Waals surface area (Å²) in [5, 5.41) is 25.8. The van der Waals surface area contributed by atoms with Crippen LogP contribution < -0.4 is 20.1 Å². The third-order valence-corrected chi connectivity index (χ3v) is 6.66. The number of ether oxygens (including phenoxy) is 2. The molecule has 5 rings (SSSR count). The van der Waals surface area contributed by atoms with Crippen LogP contribution in [0.25, 0.3) is 11.1 Å². The Hall–Kier alpha value is -4.85. The Morgan fingerprint density at radius 2 is 1.87 bits per heavy atom. The minimum Gasteiger partial charge on any atom is -0.497 e. The molecule has 0 radical (unpaired) electrons. The van der Waals surface area contributed by atoms with Crippen LogP contribution in [0.3, 0.4) is 0 Å². The summed E-state index contributed by atoms with van der Waals surface area (Å²) in [6, 6.07) is 29.7. The van der Waals surface area contributed by atoms with Gasteiger partial charge in [-0.2, -0.15) is 10.5 Å². The Balaban J connectivity index is 1.33. The third-order valence-electron chi connectivity index (χ3n) is 6.66. The minimum absolute atomic E-state index is 0.0523. The van der Waals surface area contributed by atoms with Crippen molar-refractivity contribution in [3.05, 3.63) is 107 Å². The third kappa shape index (κ3) is 5.44. The molecule has 0 fully saturated rings. The van der Waals surface area contributed by atoms with Gasteiger partial charge in [-0.15, -0.1) is 0 Å². The molecule has 3 aromatic carbocycles. The smallest absolute Gasteiger partial charge is 0.237 e. The second-order valence-corrected chi connectivity index (χ2v) is 9.04. The molecule has 2 N–H and O–H groups in total. The van der Waals surface area contributed by atoms with Crippen molar-refractivity contribution in [2.45, 2.75) is 18.6 Å². The van der Waals surface area contributed by atoms with Crippen molar-refractivity contribution < 1.29 is 9.47 Å². The predicted octanol–water partition coefficient (Wildman–Crippen LogP) is 5.25. The molecule has 1 aromatic heterocycles. The fourth-order valence-electron chi connectivity index (χ4n) is 4.64. The molecule has 0 amide bonds. The maximum absolute atomic E-state index is 9.62. The number of methoxy groups -OCH3 is 1. The number of fused-ring (bicyclic) bond motifs is 1. The molecule has 0 unspecified atom stereocenters. The van der Waals surface area contributed by atoms with Crippen LogP contribution in [0.4, 0.5) is 5.69 Å². The van der Waals surface area contributed by atoms with Gasteiger partial charge in [0.25, 0.3) is 0 Å². The van der Waals surface area contributed by atoms with E-state index in [9.17, 15) is 5.26 Å². The zero-order valence-electron chi connectivity index (χ0n) is 21.0. The average molecular weight is 502 g/mol. The summed E-state index contributed by atoms with van der Waals surface area (Å²) in [6.07, 6.45) is 2.39. The van der Waals surface area contributed by atoms with Crippen LogP contribution in [0.2, 0.25) is 0 Å². The Bertz CT molecular complexity index is 1490. The Morgan fingerprint density at radius 3 is 2.61 bits per heavy atom. The SMILES string of the molecule is COc1ccc(-c2cnc3c(c2)NC[C@@H]([C@H](NCCc2ccc(C#N)cc2)c2ccccc2)O3)c(C#N)c1. The highest BCUT2D eigenvalue weighted by Crippen LogP contribution is 2.35. The molecule has 7 heteroatoms. The van der Waals surface area contributed by atoms with Crippen LogP contribution in [0.15, 0.2) is 85.1 Å². The summed E-state index contributed by atoms with van der Waals surface area (Å²) in [7, 11) is 1.58. The monoisotopic (exact) mass is 501 g/mol. The first kappa shape index (κ1) is 24.8. The molecule has 1 aliphatic rings. The van der Waals surface area contributed by atoms with Crippen molar-refractivity contribution in [1.82, 2.24) is 10.3 Å². The van der Waals surface area contributed by atoms with E-state index in [4.69, 9.17) is 14.7 Å². The molecule has 2 heterocycles. The Labute approximate surface area is 222 Å². The van der Waals surface area contributed by atoms with Gasteiger partial charge in [-0.25, -0.2) is 4.98 Å².